The van der Waals surface area contributed by atoms with Crippen LogP contribution in [0.2, 0.25) is 0 Å². The number of carbonyl (C=O) groups is 1. The zero-order chi connectivity index (χ0) is 21.5. The van der Waals surface area contributed by atoms with Crippen LogP contribution in [-0.4, -0.2) is 36.2 Å². The molecule has 158 valence electrons. The van der Waals surface area contributed by atoms with Crippen LogP contribution in [0, 0.1) is 10.1 Å². The molecule has 0 aliphatic carbocycles. The lowest BCUT2D eigenvalue weighted by molar-refractivity contribution is -0.384. The van der Waals surface area contributed by atoms with E-state index in [9.17, 15) is 14.9 Å². The van der Waals surface area contributed by atoms with Gasteiger partial charge in [0.2, 0.25) is 0 Å². The predicted molar refractivity (Wildman–Crippen MR) is 116 cm³/mol. The van der Waals surface area contributed by atoms with Crippen molar-refractivity contribution >= 4 is 23.5 Å². The third-order valence-electron chi connectivity index (χ3n) is 5.11. The highest BCUT2D eigenvalue weighted by Crippen LogP contribution is 2.25. The highest BCUT2D eigenvalue weighted by Gasteiger charge is 2.30. The van der Waals surface area contributed by atoms with Crippen LogP contribution in [0.15, 0.2) is 53.6 Å². The molecule has 1 aliphatic rings. The van der Waals surface area contributed by atoms with E-state index < -0.39 is 11.0 Å². The van der Waals surface area contributed by atoms with Crippen LogP contribution in [-0.2, 0) is 4.79 Å². The van der Waals surface area contributed by atoms with Crippen LogP contribution in [0.4, 0.5) is 11.4 Å². The fraction of sp³-hybridized carbons (Fsp3) is 0.333. The molecule has 0 aromatic heterocycles. The Morgan fingerprint density at radius 1 is 1.23 bits per heavy atom. The predicted octanol–water partition coefficient (Wildman–Crippen LogP) is 2.50. The molecule has 0 bridgehead atoms. The van der Waals surface area contributed by atoms with E-state index in [-0.39, 0.29) is 17.6 Å². The summed E-state index contributed by atoms with van der Waals surface area (Å²) in [4.78, 5) is 25.1. The van der Waals surface area contributed by atoms with Gasteiger partial charge in [0.1, 0.15) is 6.04 Å². The first-order valence-electron chi connectivity index (χ1n) is 9.95. The molecule has 9 heteroatoms. The van der Waals surface area contributed by atoms with E-state index in [1.165, 1.54) is 12.1 Å². The maximum atomic E-state index is 12.4. The molecule has 0 spiro atoms. The lowest BCUT2D eigenvalue weighted by Gasteiger charge is -2.20. The van der Waals surface area contributed by atoms with Gasteiger partial charge >= 0.3 is 0 Å². The number of benzene rings is 2. The summed E-state index contributed by atoms with van der Waals surface area (Å²) in [5.74, 6) is -0.272. The molecule has 1 heterocycles. The summed E-state index contributed by atoms with van der Waals surface area (Å²) in [7, 11) is 0. The van der Waals surface area contributed by atoms with Crippen LogP contribution >= 0.6 is 0 Å². The highest BCUT2D eigenvalue weighted by molar-refractivity contribution is 5.85. The number of rotatable bonds is 8. The Balaban J connectivity index is 1.53. The third kappa shape index (κ3) is 5.19. The van der Waals surface area contributed by atoms with Gasteiger partial charge in [0, 0.05) is 37.0 Å². The Morgan fingerprint density at radius 3 is 2.63 bits per heavy atom. The van der Waals surface area contributed by atoms with Crippen molar-refractivity contribution in [2.75, 3.05) is 18.0 Å². The molecule has 2 aromatic rings. The Hall–Kier alpha value is -3.30. The molecule has 1 fully saturated rings. The normalized spacial score (nSPS) is 18.5. The molecule has 3 N–H and O–H groups in total. The fourth-order valence-electron chi connectivity index (χ4n) is 3.41. The molecule has 9 nitrogen and oxygen atoms in total. The molecule has 1 aliphatic heterocycles. The van der Waals surface area contributed by atoms with Crippen molar-refractivity contribution in [1.29, 1.82) is 0 Å². The number of amides is 1. The van der Waals surface area contributed by atoms with Crippen LogP contribution in [0.3, 0.4) is 0 Å². The van der Waals surface area contributed by atoms with Gasteiger partial charge in [0.15, 0.2) is 0 Å². The van der Waals surface area contributed by atoms with Crippen molar-refractivity contribution in [3.05, 3.63) is 69.8 Å². The van der Waals surface area contributed by atoms with Gasteiger partial charge in [0.05, 0.1) is 11.1 Å². The van der Waals surface area contributed by atoms with Gasteiger partial charge in [-0.2, -0.15) is 5.10 Å². The van der Waals surface area contributed by atoms with Gasteiger partial charge in [-0.05, 0) is 43.5 Å². The Bertz CT molecular complexity index is 911. The largest absolute Gasteiger partial charge is 0.372 e. The molecule has 1 amide bonds. The summed E-state index contributed by atoms with van der Waals surface area (Å²) in [6, 6.07) is 13.7. The van der Waals surface area contributed by atoms with E-state index >= 15 is 0 Å². The fourth-order valence-corrected chi connectivity index (χ4v) is 3.41. The van der Waals surface area contributed by atoms with Gasteiger partial charge in [-0.15, -0.1) is 0 Å². The minimum atomic E-state index is -0.489. The molecular formula is C21H26N6O3. The van der Waals surface area contributed by atoms with E-state index in [1.807, 2.05) is 24.3 Å². The maximum Gasteiger partial charge on any atom is 0.269 e. The minimum Gasteiger partial charge on any atom is -0.372 e. The smallest absolute Gasteiger partial charge is 0.269 e. The van der Waals surface area contributed by atoms with Crippen LogP contribution < -0.4 is 21.2 Å². The van der Waals surface area contributed by atoms with E-state index in [4.69, 9.17) is 0 Å². The van der Waals surface area contributed by atoms with Gasteiger partial charge < -0.3 is 4.90 Å². The third-order valence-corrected chi connectivity index (χ3v) is 5.11. The number of nitro benzene ring substituents is 1. The molecule has 3 rings (SSSR count). The van der Waals surface area contributed by atoms with E-state index in [2.05, 4.69) is 40.1 Å². The first kappa shape index (κ1) is 21.4. The molecule has 2 aromatic carbocycles. The molecule has 1 saturated heterocycles. The standard InChI is InChI=1S/C21H26N6O3/c1-3-26(4-2)17-10-8-15(9-11-17)14-22-25-21(28)20-13-19(23-24-20)16-6-5-7-18(12-16)27(29)30/h5-12,14,19-20,23-24H,3-4,13H2,1-2H3,(H,25,28)/b22-14+. The first-order chi connectivity index (χ1) is 14.5. The molecule has 2 atom stereocenters. The van der Waals surface area contributed by atoms with Gasteiger partial charge in [-0.3, -0.25) is 14.9 Å². The number of hydrogen-bond acceptors (Lipinski definition) is 7. The highest BCUT2D eigenvalue weighted by atomic mass is 16.6. The topological polar surface area (TPSA) is 112 Å². The van der Waals surface area contributed by atoms with Crippen molar-refractivity contribution in [2.45, 2.75) is 32.4 Å². The molecule has 0 saturated carbocycles. The summed E-state index contributed by atoms with van der Waals surface area (Å²) < 4.78 is 0. The van der Waals surface area contributed by atoms with Crippen molar-refractivity contribution in [3.8, 4) is 0 Å². The van der Waals surface area contributed by atoms with Gasteiger partial charge in [0.25, 0.3) is 11.6 Å². The SMILES string of the molecule is CCN(CC)c1ccc(/C=N/NC(=O)C2CC(c3cccc([N+](=O)[O-])c3)NN2)cc1. The average molecular weight is 410 g/mol. The van der Waals surface area contributed by atoms with E-state index in [0.717, 1.165) is 29.9 Å². The Kier molecular flexibility index (Phi) is 7.10. The molecule has 2 unspecified atom stereocenters. The van der Waals surface area contributed by atoms with Crippen molar-refractivity contribution in [1.82, 2.24) is 16.3 Å². The quantitative estimate of drug-likeness (QED) is 0.350. The summed E-state index contributed by atoms with van der Waals surface area (Å²) >= 11 is 0. The average Bonchev–Trinajstić information content (AvgIpc) is 3.26. The number of hydrazine groups is 1. The summed E-state index contributed by atoms with van der Waals surface area (Å²) in [6.07, 6.45) is 2.06. The van der Waals surface area contributed by atoms with Crippen molar-refractivity contribution in [3.63, 3.8) is 0 Å². The minimum absolute atomic E-state index is 0.0267. The summed E-state index contributed by atoms with van der Waals surface area (Å²) in [5.41, 5.74) is 11.3. The lowest BCUT2D eigenvalue weighted by atomic mass is 10.0. The van der Waals surface area contributed by atoms with Gasteiger partial charge in [-0.25, -0.2) is 16.3 Å². The second-order valence-corrected chi connectivity index (χ2v) is 6.98. The second kappa shape index (κ2) is 9.95. The number of nitrogens with one attached hydrogen (secondary N) is 3. The zero-order valence-electron chi connectivity index (χ0n) is 17.0. The number of anilines is 1. The molecule has 30 heavy (non-hydrogen) atoms. The monoisotopic (exact) mass is 410 g/mol. The molecule has 0 radical (unpaired) electrons. The Morgan fingerprint density at radius 2 is 1.97 bits per heavy atom. The number of nitro groups is 1. The summed E-state index contributed by atoms with van der Waals surface area (Å²) in [6.45, 7) is 6.12. The Labute approximate surface area is 175 Å². The van der Waals surface area contributed by atoms with Crippen LogP contribution in [0.25, 0.3) is 0 Å². The number of nitrogens with zero attached hydrogens (tertiary/aromatic N) is 3. The zero-order valence-corrected chi connectivity index (χ0v) is 17.0. The van der Waals surface area contributed by atoms with Crippen LogP contribution in [0.5, 0.6) is 0 Å². The second-order valence-electron chi connectivity index (χ2n) is 6.98. The lowest BCUT2D eigenvalue weighted by Crippen LogP contribution is -2.41. The van der Waals surface area contributed by atoms with E-state index in [0.29, 0.717) is 6.42 Å². The van der Waals surface area contributed by atoms with Crippen molar-refractivity contribution < 1.29 is 9.72 Å². The maximum absolute atomic E-state index is 12.4. The molecular weight excluding hydrogens is 384 g/mol. The number of hydrogen-bond donors (Lipinski definition) is 3. The van der Waals surface area contributed by atoms with Crippen LogP contribution in [0.1, 0.15) is 37.4 Å². The summed E-state index contributed by atoms with van der Waals surface area (Å²) in [5, 5.41) is 15.0. The van der Waals surface area contributed by atoms with E-state index in [1.54, 1.807) is 18.3 Å². The van der Waals surface area contributed by atoms with Gasteiger partial charge in [-0.1, -0.05) is 24.3 Å². The number of hydrazone groups is 1. The number of carbonyl (C=O) groups excluding carboxylic acids is 1. The first-order valence-corrected chi connectivity index (χ1v) is 9.95. The van der Waals surface area contributed by atoms with Crippen molar-refractivity contribution in [2.24, 2.45) is 5.10 Å². The number of non-ortho nitro benzene ring substituents is 1.